The van der Waals surface area contributed by atoms with E-state index < -0.39 is 17.7 Å². The number of rotatable bonds is 3. The molecule has 1 unspecified atom stereocenters. The van der Waals surface area contributed by atoms with Crippen LogP contribution in [-0.4, -0.2) is 17.5 Å². The minimum atomic E-state index is -1.23. The minimum absolute atomic E-state index is 0.167. The molecule has 0 aromatic carbocycles. The van der Waals surface area contributed by atoms with Crippen molar-refractivity contribution in [2.75, 3.05) is 0 Å². The highest BCUT2D eigenvalue weighted by Crippen LogP contribution is 2.18. The predicted octanol–water partition coefficient (Wildman–Crippen LogP) is 1.00. The molecule has 0 aromatic heterocycles. The van der Waals surface area contributed by atoms with Crippen LogP contribution in [0.3, 0.4) is 0 Å². The Bertz CT molecular complexity index is 314. The largest absolute Gasteiger partial charge is 0.430 e. The highest BCUT2D eigenvalue weighted by Gasteiger charge is 2.36. The molecule has 1 heterocycles. The number of hydrogen-bond acceptors (Lipinski definition) is 4. The van der Waals surface area contributed by atoms with E-state index >= 15 is 0 Å². The first-order chi connectivity index (χ1) is 6.60. The maximum Gasteiger partial charge on any atom is 0.329 e. The van der Waals surface area contributed by atoms with Gasteiger partial charge in [0.05, 0.1) is 0 Å². The lowest BCUT2D eigenvalue weighted by Gasteiger charge is -2.17. The van der Waals surface area contributed by atoms with Gasteiger partial charge in [0.25, 0.3) is 0 Å². The van der Waals surface area contributed by atoms with Crippen molar-refractivity contribution < 1.29 is 19.1 Å². The molecule has 0 spiro atoms. The van der Waals surface area contributed by atoms with Gasteiger partial charge in [0.1, 0.15) is 5.76 Å². The normalized spacial score (nSPS) is 21.6. The molecule has 1 atom stereocenters. The summed E-state index contributed by atoms with van der Waals surface area (Å²) in [6, 6.07) is 0. The number of carbonyl (C=O) groups excluding carboxylic acids is 3. The highest BCUT2D eigenvalue weighted by atomic mass is 16.5. The quantitative estimate of drug-likeness (QED) is 0.499. The van der Waals surface area contributed by atoms with Crippen molar-refractivity contribution >= 4 is 17.5 Å². The summed E-state index contributed by atoms with van der Waals surface area (Å²) < 4.78 is 4.82. The Morgan fingerprint density at radius 3 is 2.50 bits per heavy atom. The van der Waals surface area contributed by atoms with Gasteiger partial charge in [-0.05, 0) is 0 Å². The van der Waals surface area contributed by atoms with Crippen LogP contribution in [0.5, 0.6) is 0 Å². The Balaban J connectivity index is 2.92. The van der Waals surface area contributed by atoms with Gasteiger partial charge in [0.15, 0.2) is 17.5 Å². The fraction of sp³-hybridized carbons (Fsp3) is 0.500. The van der Waals surface area contributed by atoms with Gasteiger partial charge in [0, 0.05) is 18.9 Å². The van der Waals surface area contributed by atoms with Crippen molar-refractivity contribution in [2.24, 2.45) is 5.92 Å². The second-order valence-corrected chi connectivity index (χ2v) is 3.04. The summed E-state index contributed by atoms with van der Waals surface area (Å²) in [6.07, 6.45) is 1.88. The molecule has 0 fully saturated rings. The molecule has 0 saturated carbocycles. The summed E-state index contributed by atoms with van der Waals surface area (Å²) in [7, 11) is 0. The van der Waals surface area contributed by atoms with E-state index in [0.29, 0.717) is 12.2 Å². The van der Waals surface area contributed by atoms with Crippen LogP contribution in [0.1, 0.15) is 26.7 Å². The van der Waals surface area contributed by atoms with Crippen LogP contribution in [0.25, 0.3) is 0 Å². The number of cyclic esters (lactones) is 1. The molecule has 0 aromatic rings. The van der Waals surface area contributed by atoms with Crippen LogP contribution in [0, 0.1) is 5.92 Å². The van der Waals surface area contributed by atoms with Crippen molar-refractivity contribution in [1.29, 1.82) is 0 Å². The predicted molar refractivity (Wildman–Crippen MR) is 48.3 cm³/mol. The van der Waals surface area contributed by atoms with E-state index in [1.165, 1.54) is 6.08 Å². The summed E-state index contributed by atoms with van der Waals surface area (Å²) in [5, 5.41) is 0. The minimum Gasteiger partial charge on any atom is -0.430 e. The Morgan fingerprint density at radius 2 is 2.07 bits per heavy atom. The average Bonchev–Trinajstić information content (AvgIpc) is 2.16. The maximum atomic E-state index is 11.4. The van der Waals surface area contributed by atoms with Gasteiger partial charge in [-0.3, -0.25) is 14.4 Å². The smallest absolute Gasteiger partial charge is 0.329 e. The van der Waals surface area contributed by atoms with Crippen LogP contribution in [-0.2, 0) is 19.1 Å². The van der Waals surface area contributed by atoms with Crippen molar-refractivity contribution in [1.82, 2.24) is 0 Å². The van der Waals surface area contributed by atoms with Crippen LogP contribution in [0.2, 0.25) is 0 Å². The molecule has 4 nitrogen and oxygen atoms in total. The number of allylic oxidation sites excluding steroid dienone is 2. The third kappa shape index (κ3) is 1.89. The van der Waals surface area contributed by atoms with Gasteiger partial charge in [0.2, 0.25) is 0 Å². The Hall–Kier alpha value is -1.45. The lowest BCUT2D eigenvalue weighted by molar-refractivity contribution is -0.153. The molecule has 4 heteroatoms. The van der Waals surface area contributed by atoms with Crippen molar-refractivity contribution in [3.05, 3.63) is 11.8 Å². The molecule has 0 aliphatic carbocycles. The van der Waals surface area contributed by atoms with Crippen LogP contribution >= 0.6 is 0 Å². The zero-order valence-corrected chi connectivity index (χ0v) is 8.20. The van der Waals surface area contributed by atoms with E-state index in [4.69, 9.17) is 4.74 Å². The van der Waals surface area contributed by atoms with Gasteiger partial charge in [-0.15, -0.1) is 0 Å². The third-order valence-corrected chi connectivity index (χ3v) is 2.07. The SMILES string of the molecule is CCC(=O)C1C(=O)C=C(CC)OC1=O. The van der Waals surface area contributed by atoms with Crippen molar-refractivity contribution in [3.8, 4) is 0 Å². The van der Waals surface area contributed by atoms with Gasteiger partial charge >= 0.3 is 5.97 Å². The highest BCUT2D eigenvalue weighted by molar-refractivity contribution is 6.21. The summed E-state index contributed by atoms with van der Waals surface area (Å²) >= 11 is 0. The molecule has 0 saturated heterocycles. The number of carbonyl (C=O) groups is 3. The number of esters is 1. The Kier molecular flexibility index (Phi) is 3.17. The number of hydrogen-bond donors (Lipinski definition) is 0. The number of Topliss-reactive ketones (excluding diaryl/α,β-unsaturated/α-hetero) is 1. The van der Waals surface area contributed by atoms with Gasteiger partial charge in [-0.25, -0.2) is 0 Å². The third-order valence-electron chi connectivity index (χ3n) is 2.07. The molecule has 1 aliphatic heterocycles. The maximum absolute atomic E-state index is 11.4. The first kappa shape index (κ1) is 10.6. The molecule has 14 heavy (non-hydrogen) atoms. The zero-order valence-electron chi connectivity index (χ0n) is 8.20. The Labute approximate surface area is 81.9 Å². The van der Waals surface area contributed by atoms with Gasteiger partial charge < -0.3 is 4.74 Å². The molecule has 0 radical (unpaired) electrons. The fourth-order valence-electron chi connectivity index (χ4n) is 1.24. The van der Waals surface area contributed by atoms with Crippen LogP contribution in [0.4, 0.5) is 0 Å². The van der Waals surface area contributed by atoms with E-state index in [1.54, 1.807) is 13.8 Å². The number of ether oxygens (including phenoxy) is 1. The number of ketones is 2. The summed E-state index contributed by atoms with van der Waals surface area (Å²) in [5.74, 6) is -2.46. The second-order valence-electron chi connectivity index (χ2n) is 3.04. The van der Waals surface area contributed by atoms with E-state index in [2.05, 4.69) is 0 Å². The first-order valence-electron chi connectivity index (χ1n) is 4.59. The van der Waals surface area contributed by atoms with Crippen LogP contribution < -0.4 is 0 Å². The summed E-state index contributed by atoms with van der Waals surface area (Å²) in [6.45, 7) is 3.39. The van der Waals surface area contributed by atoms with Crippen molar-refractivity contribution in [3.63, 3.8) is 0 Å². The van der Waals surface area contributed by atoms with Gasteiger partial charge in [-0.1, -0.05) is 13.8 Å². The standard InChI is InChI=1S/C10H12O4/c1-3-6-5-8(12)9(7(11)4-2)10(13)14-6/h5,9H,3-4H2,1-2H3. The fourth-order valence-corrected chi connectivity index (χ4v) is 1.24. The van der Waals surface area contributed by atoms with E-state index in [0.717, 1.165) is 0 Å². The van der Waals surface area contributed by atoms with E-state index in [9.17, 15) is 14.4 Å². The Morgan fingerprint density at radius 1 is 1.43 bits per heavy atom. The first-order valence-corrected chi connectivity index (χ1v) is 4.59. The van der Waals surface area contributed by atoms with E-state index in [-0.39, 0.29) is 12.2 Å². The molecule has 1 rings (SSSR count). The molecule has 0 N–H and O–H groups in total. The zero-order chi connectivity index (χ0) is 10.7. The molecule has 76 valence electrons. The lowest BCUT2D eigenvalue weighted by atomic mass is 9.95. The van der Waals surface area contributed by atoms with Crippen LogP contribution in [0.15, 0.2) is 11.8 Å². The molecular formula is C10H12O4. The summed E-state index contributed by atoms with van der Waals surface area (Å²) in [5.41, 5.74) is 0. The van der Waals surface area contributed by atoms with Gasteiger partial charge in [-0.2, -0.15) is 0 Å². The molecular weight excluding hydrogens is 184 g/mol. The molecule has 0 bridgehead atoms. The van der Waals surface area contributed by atoms with E-state index in [1.807, 2.05) is 0 Å². The monoisotopic (exact) mass is 196 g/mol. The summed E-state index contributed by atoms with van der Waals surface area (Å²) in [4.78, 5) is 33.9. The molecule has 1 aliphatic rings. The topological polar surface area (TPSA) is 60.4 Å². The second kappa shape index (κ2) is 4.17. The lowest BCUT2D eigenvalue weighted by Crippen LogP contribution is -2.35. The molecule has 0 amide bonds. The van der Waals surface area contributed by atoms with Crippen molar-refractivity contribution in [2.45, 2.75) is 26.7 Å². The average molecular weight is 196 g/mol.